The number of carbonyl (C=O) groups excluding carboxylic acids is 1. The van der Waals surface area contributed by atoms with E-state index in [4.69, 9.17) is 21.1 Å². The summed E-state index contributed by atoms with van der Waals surface area (Å²) in [7, 11) is 1.51. The number of methoxy groups -OCH3 is 1. The number of halogens is 1. The Morgan fingerprint density at radius 1 is 1.29 bits per heavy atom. The number of aryl methyl sites for hydroxylation is 1. The first-order valence-electron chi connectivity index (χ1n) is 8.82. The third kappa shape index (κ3) is 5.77. The van der Waals surface area contributed by atoms with Crippen LogP contribution >= 0.6 is 11.6 Å². The lowest BCUT2D eigenvalue weighted by Crippen LogP contribution is -2.30. The zero-order chi connectivity index (χ0) is 20.7. The van der Waals surface area contributed by atoms with Crippen molar-refractivity contribution < 1.29 is 14.3 Å². The smallest absolute Gasteiger partial charge is 0.262 e. The number of nitrogens with one attached hydrogen (secondary N) is 1. The second-order valence-corrected chi connectivity index (χ2v) is 7.01. The molecule has 0 spiro atoms. The van der Waals surface area contributed by atoms with Gasteiger partial charge in [-0.25, -0.2) is 0 Å². The summed E-state index contributed by atoms with van der Waals surface area (Å²) in [4.78, 5) is 12.1. The molecule has 2 rings (SSSR count). The highest BCUT2D eigenvalue weighted by Gasteiger charge is 2.14. The maximum atomic E-state index is 12.1. The van der Waals surface area contributed by atoms with Crippen molar-refractivity contribution in [2.45, 2.75) is 33.4 Å². The van der Waals surface area contributed by atoms with Crippen LogP contribution in [0.2, 0.25) is 5.02 Å². The van der Waals surface area contributed by atoms with Crippen molar-refractivity contribution in [1.82, 2.24) is 5.32 Å². The number of nitrogens with zero attached hydrogens (tertiary/aromatic N) is 1. The predicted octanol–water partition coefficient (Wildman–Crippen LogP) is 4.67. The van der Waals surface area contributed by atoms with E-state index in [2.05, 4.69) is 5.32 Å². The number of hydrogen-bond donors (Lipinski definition) is 1. The molecule has 0 atom stereocenters. The van der Waals surface area contributed by atoms with Crippen molar-refractivity contribution in [3.63, 3.8) is 0 Å². The molecule has 0 saturated heterocycles. The molecule has 146 valence electrons. The van der Waals surface area contributed by atoms with E-state index in [-0.39, 0.29) is 11.6 Å². The Bertz CT molecular complexity index is 913. The van der Waals surface area contributed by atoms with Gasteiger partial charge in [-0.2, -0.15) is 5.26 Å². The fourth-order valence-electron chi connectivity index (χ4n) is 2.46. The van der Waals surface area contributed by atoms with E-state index in [9.17, 15) is 10.1 Å². The molecule has 0 aliphatic heterocycles. The predicted molar refractivity (Wildman–Crippen MR) is 110 cm³/mol. The van der Waals surface area contributed by atoms with Gasteiger partial charge in [-0.15, -0.1) is 0 Å². The topological polar surface area (TPSA) is 71.3 Å². The molecule has 0 saturated carbocycles. The van der Waals surface area contributed by atoms with E-state index in [0.717, 1.165) is 5.56 Å². The second kappa shape index (κ2) is 9.82. The van der Waals surface area contributed by atoms with Gasteiger partial charge >= 0.3 is 0 Å². The zero-order valence-electron chi connectivity index (χ0n) is 16.4. The molecular formula is C22H23ClN2O3. The molecule has 0 aliphatic rings. The van der Waals surface area contributed by atoms with E-state index in [0.29, 0.717) is 28.7 Å². The van der Waals surface area contributed by atoms with Crippen LogP contribution in [0, 0.1) is 18.3 Å². The first-order chi connectivity index (χ1) is 13.3. The van der Waals surface area contributed by atoms with E-state index < -0.39 is 5.91 Å². The average Bonchev–Trinajstić information content (AvgIpc) is 2.65. The number of hydrogen-bond acceptors (Lipinski definition) is 4. The lowest BCUT2D eigenvalue weighted by molar-refractivity contribution is -0.117. The van der Waals surface area contributed by atoms with Crippen LogP contribution < -0.4 is 14.8 Å². The summed E-state index contributed by atoms with van der Waals surface area (Å²) in [6.07, 6.45) is 1.47. The van der Waals surface area contributed by atoms with Gasteiger partial charge in [-0.05, 0) is 50.1 Å². The molecule has 2 aromatic rings. The minimum Gasteiger partial charge on any atom is -0.493 e. The fourth-order valence-corrected chi connectivity index (χ4v) is 2.73. The summed E-state index contributed by atoms with van der Waals surface area (Å²) < 4.78 is 11.2. The molecule has 0 aromatic heterocycles. The van der Waals surface area contributed by atoms with Crippen LogP contribution in [-0.2, 0) is 11.4 Å². The van der Waals surface area contributed by atoms with Gasteiger partial charge in [0.15, 0.2) is 11.5 Å². The Morgan fingerprint density at radius 2 is 1.96 bits per heavy atom. The Balaban J connectivity index is 2.27. The number of nitriles is 1. The van der Waals surface area contributed by atoms with E-state index in [1.165, 1.54) is 18.7 Å². The number of carbonyl (C=O) groups is 1. The Labute approximate surface area is 170 Å². The van der Waals surface area contributed by atoms with Crippen LogP contribution in [0.5, 0.6) is 11.5 Å². The van der Waals surface area contributed by atoms with Gasteiger partial charge in [0.05, 0.1) is 12.1 Å². The van der Waals surface area contributed by atoms with Gasteiger partial charge in [0.2, 0.25) is 0 Å². The van der Waals surface area contributed by atoms with Crippen LogP contribution in [0.4, 0.5) is 0 Å². The maximum Gasteiger partial charge on any atom is 0.262 e. The third-order valence-corrected chi connectivity index (χ3v) is 4.13. The summed E-state index contributed by atoms with van der Waals surface area (Å²) in [6, 6.07) is 13.1. The van der Waals surface area contributed by atoms with Crippen LogP contribution in [0.15, 0.2) is 42.0 Å². The molecule has 0 fully saturated rings. The third-order valence-electron chi connectivity index (χ3n) is 3.85. The highest BCUT2D eigenvalue weighted by Crippen LogP contribution is 2.37. The molecule has 28 heavy (non-hydrogen) atoms. The van der Waals surface area contributed by atoms with Gasteiger partial charge in [0.1, 0.15) is 18.2 Å². The van der Waals surface area contributed by atoms with Crippen molar-refractivity contribution in [3.8, 4) is 17.6 Å². The van der Waals surface area contributed by atoms with Gasteiger partial charge in [-0.3, -0.25) is 4.79 Å². The Morgan fingerprint density at radius 3 is 2.54 bits per heavy atom. The van der Waals surface area contributed by atoms with E-state index >= 15 is 0 Å². The normalized spacial score (nSPS) is 11.1. The van der Waals surface area contributed by atoms with E-state index in [1.807, 2.05) is 51.1 Å². The van der Waals surface area contributed by atoms with E-state index in [1.54, 1.807) is 12.1 Å². The lowest BCUT2D eigenvalue weighted by atomic mass is 10.1. The van der Waals surface area contributed by atoms with Crippen LogP contribution in [0.25, 0.3) is 6.08 Å². The monoisotopic (exact) mass is 398 g/mol. The van der Waals surface area contributed by atoms with Gasteiger partial charge in [0.25, 0.3) is 5.91 Å². The van der Waals surface area contributed by atoms with Crippen molar-refractivity contribution in [1.29, 1.82) is 5.26 Å². The second-order valence-electron chi connectivity index (χ2n) is 6.61. The first kappa shape index (κ1) is 21.3. The highest BCUT2D eigenvalue weighted by molar-refractivity contribution is 6.32. The van der Waals surface area contributed by atoms with Crippen LogP contribution in [0.3, 0.4) is 0 Å². The number of benzene rings is 2. The number of amides is 1. The molecule has 2 aromatic carbocycles. The number of ether oxygens (including phenoxy) is 2. The van der Waals surface area contributed by atoms with Gasteiger partial charge in [0, 0.05) is 6.04 Å². The molecule has 0 aliphatic carbocycles. The fraction of sp³-hybridized carbons (Fsp3) is 0.273. The molecule has 1 amide bonds. The number of rotatable bonds is 7. The molecule has 0 bridgehead atoms. The standard InChI is InChI=1S/C22H23ClN2O3/c1-14(2)25-22(26)18(12-24)9-17-10-19(23)21(20(11-17)27-4)28-13-16-7-5-15(3)6-8-16/h5-11,14H,13H2,1-4H3,(H,25,26)/b18-9-. The molecule has 0 radical (unpaired) electrons. The highest BCUT2D eigenvalue weighted by atomic mass is 35.5. The van der Waals surface area contributed by atoms with Crippen molar-refractivity contribution in [2.24, 2.45) is 0 Å². The Hall–Kier alpha value is -2.97. The molecule has 0 unspecified atom stereocenters. The largest absolute Gasteiger partial charge is 0.493 e. The van der Waals surface area contributed by atoms with Gasteiger partial charge < -0.3 is 14.8 Å². The average molecular weight is 399 g/mol. The summed E-state index contributed by atoms with van der Waals surface area (Å²) in [5.41, 5.74) is 2.73. The summed E-state index contributed by atoms with van der Waals surface area (Å²) in [6.45, 7) is 6.01. The molecule has 0 heterocycles. The summed E-state index contributed by atoms with van der Waals surface area (Å²) >= 11 is 6.38. The Kier molecular flexibility index (Phi) is 7.48. The minimum atomic E-state index is -0.438. The maximum absolute atomic E-state index is 12.1. The van der Waals surface area contributed by atoms with Crippen LogP contribution in [0.1, 0.15) is 30.5 Å². The molecular weight excluding hydrogens is 376 g/mol. The molecule has 5 nitrogen and oxygen atoms in total. The van der Waals surface area contributed by atoms with Crippen molar-refractivity contribution in [3.05, 3.63) is 63.7 Å². The molecule has 1 N–H and O–H groups in total. The zero-order valence-corrected chi connectivity index (χ0v) is 17.1. The van der Waals surface area contributed by atoms with Crippen molar-refractivity contribution in [2.75, 3.05) is 7.11 Å². The van der Waals surface area contributed by atoms with Gasteiger partial charge in [-0.1, -0.05) is 41.4 Å². The summed E-state index contributed by atoms with van der Waals surface area (Å²) in [5, 5.41) is 12.3. The summed E-state index contributed by atoms with van der Waals surface area (Å²) in [5.74, 6) is 0.395. The molecule has 6 heteroatoms. The first-order valence-corrected chi connectivity index (χ1v) is 9.20. The SMILES string of the molecule is COc1cc(/C=C(/C#N)C(=O)NC(C)C)cc(Cl)c1OCc1ccc(C)cc1. The van der Waals surface area contributed by atoms with Crippen molar-refractivity contribution >= 4 is 23.6 Å². The minimum absolute atomic E-state index is 0.0138. The quantitative estimate of drug-likeness (QED) is 0.543. The lowest BCUT2D eigenvalue weighted by Gasteiger charge is -2.14. The van der Waals surface area contributed by atoms with Crippen LogP contribution in [-0.4, -0.2) is 19.1 Å².